The first kappa shape index (κ1) is 21.0. The average Bonchev–Trinajstić information content (AvgIpc) is 2.58. The molecule has 1 N–H and O–H groups in total. The van der Waals surface area contributed by atoms with Crippen LogP contribution in [0.2, 0.25) is 15.1 Å². The third-order valence-electron chi connectivity index (χ3n) is 5.72. The largest absolute Gasteiger partial charge is 0.393 e. The van der Waals surface area contributed by atoms with Crippen molar-refractivity contribution in [1.82, 2.24) is 4.90 Å². The van der Waals surface area contributed by atoms with Crippen LogP contribution in [0.3, 0.4) is 0 Å². The summed E-state index contributed by atoms with van der Waals surface area (Å²) in [6.45, 7) is 0.898. The first-order chi connectivity index (χ1) is 12.8. The molecule has 1 fully saturated rings. The van der Waals surface area contributed by atoms with Crippen LogP contribution >= 0.6 is 34.8 Å². The highest BCUT2D eigenvalue weighted by molar-refractivity contribution is 6.34. The number of hydrogen-bond acceptors (Lipinski definition) is 2. The summed E-state index contributed by atoms with van der Waals surface area (Å²) in [7, 11) is 4.16. The van der Waals surface area contributed by atoms with Crippen molar-refractivity contribution < 1.29 is 5.11 Å². The SMILES string of the molecule is CN(C)CC1CC(O)CCC1(Cc1ccc(Cl)cc1)c1cc(Cl)cc(Cl)c1. The van der Waals surface area contributed by atoms with Gasteiger partial charge < -0.3 is 10.0 Å². The highest BCUT2D eigenvalue weighted by Gasteiger charge is 2.44. The highest BCUT2D eigenvalue weighted by Crippen LogP contribution is 2.47. The Morgan fingerprint density at radius 3 is 2.22 bits per heavy atom. The summed E-state index contributed by atoms with van der Waals surface area (Å²) >= 11 is 18.8. The van der Waals surface area contributed by atoms with Crippen LogP contribution in [0.1, 0.15) is 30.4 Å². The van der Waals surface area contributed by atoms with Crippen molar-refractivity contribution in [1.29, 1.82) is 0 Å². The van der Waals surface area contributed by atoms with E-state index in [-0.39, 0.29) is 11.5 Å². The first-order valence-electron chi connectivity index (χ1n) is 9.32. The van der Waals surface area contributed by atoms with E-state index < -0.39 is 0 Å². The molecule has 27 heavy (non-hydrogen) atoms. The predicted octanol–water partition coefficient (Wildman–Crippen LogP) is 5.85. The maximum absolute atomic E-state index is 10.4. The van der Waals surface area contributed by atoms with Crippen LogP contribution in [0.15, 0.2) is 42.5 Å². The Hall–Kier alpha value is -0.770. The number of aliphatic hydroxyl groups excluding tert-OH is 1. The Morgan fingerprint density at radius 1 is 1.00 bits per heavy atom. The smallest absolute Gasteiger partial charge is 0.0544 e. The molecule has 1 saturated carbocycles. The van der Waals surface area contributed by atoms with Crippen LogP contribution in [0.4, 0.5) is 0 Å². The van der Waals surface area contributed by atoms with Gasteiger partial charge in [-0.05, 0) is 87.2 Å². The summed E-state index contributed by atoms with van der Waals surface area (Å²) in [4.78, 5) is 2.20. The Morgan fingerprint density at radius 2 is 1.63 bits per heavy atom. The molecule has 0 aliphatic heterocycles. The topological polar surface area (TPSA) is 23.5 Å². The monoisotopic (exact) mass is 425 g/mol. The van der Waals surface area contributed by atoms with Gasteiger partial charge in [0.1, 0.15) is 0 Å². The van der Waals surface area contributed by atoms with Crippen LogP contribution in [0, 0.1) is 5.92 Å². The van der Waals surface area contributed by atoms with Gasteiger partial charge >= 0.3 is 0 Å². The van der Waals surface area contributed by atoms with Gasteiger partial charge in [0, 0.05) is 27.0 Å². The van der Waals surface area contributed by atoms with E-state index in [2.05, 4.69) is 31.1 Å². The number of halogens is 3. The fraction of sp³-hybridized carbons (Fsp3) is 0.455. The van der Waals surface area contributed by atoms with Crippen molar-refractivity contribution in [3.8, 4) is 0 Å². The Balaban J connectivity index is 2.09. The lowest BCUT2D eigenvalue weighted by molar-refractivity contribution is 0.0381. The van der Waals surface area contributed by atoms with E-state index in [0.29, 0.717) is 16.0 Å². The van der Waals surface area contributed by atoms with E-state index in [0.717, 1.165) is 42.8 Å². The Labute approximate surface area is 177 Å². The van der Waals surface area contributed by atoms with E-state index in [4.69, 9.17) is 34.8 Å². The molecule has 5 heteroatoms. The van der Waals surface area contributed by atoms with Gasteiger partial charge in [0.2, 0.25) is 0 Å². The average molecular weight is 427 g/mol. The van der Waals surface area contributed by atoms with Crippen molar-refractivity contribution in [3.05, 3.63) is 68.7 Å². The quantitative estimate of drug-likeness (QED) is 0.648. The molecule has 0 amide bonds. The fourth-order valence-electron chi connectivity index (χ4n) is 4.51. The normalized spacial score (nSPS) is 25.7. The van der Waals surface area contributed by atoms with Gasteiger partial charge in [-0.15, -0.1) is 0 Å². The predicted molar refractivity (Wildman–Crippen MR) is 115 cm³/mol. The summed E-state index contributed by atoms with van der Waals surface area (Å²) in [5.41, 5.74) is 2.26. The molecule has 1 aliphatic rings. The lowest BCUT2D eigenvalue weighted by atomic mass is 9.59. The molecule has 0 heterocycles. The number of hydrogen-bond donors (Lipinski definition) is 1. The van der Waals surface area contributed by atoms with E-state index in [1.165, 1.54) is 5.56 Å². The highest BCUT2D eigenvalue weighted by atomic mass is 35.5. The van der Waals surface area contributed by atoms with E-state index in [1.807, 2.05) is 24.3 Å². The van der Waals surface area contributed by atoms with Gasteiger partial charge in [-0.3, -0.25) is 0 Å². The Bertz CT molecular complexity index is 755. The lowest BCUT2D eigenvalue weighted by Crippen LogP contribution is -2.47. The van der Waals surface area contributed by atoms with Gasteiger partial charge in [-0.2, -0.15) is 0 Å². The number of rotatable bonds is 5. The minimum atomic E-state index is -0.261. The maximum atomic E-state index is 10.4. The molecule has 0 aromatic heterocycles. The van der Waals surface area contributed by atoms with Crippen LogP contribution in [-0.2, 0) is 11.8 Å². The molecule has 0 radical (unpaired) electrons. The molecule has 3 unspecified atom stereocenters. The second-order valence-corrected chi connectivity index (χ2v) is 9.31. The summed E-state index contributed by atoms with van der Waals surface area (Å²) in [6, 6.07) is 13.9. The molecular weight excluding hydrogens is 401 g/mol. The lowest BCUT2D eigenvalue weighted by Gasteiger charge is -2.47. The van der Waals surface area contributed by atoms with Crippen molar-refractivity contribution in [2.24, 2.45) is 5.92 Å². The van der Waals surface area contributed by atoms with Crippen molar-refractivity contribution in [2.75, 3.05) is 20.6 Å². The first-order valence-corrected chi connectivity index (χ1v) is 10.5. The molecule has 0 bridgehead atoms. The number of aliphatic hydroxyl groups is 1. The maximum Gasteiger partial charge on any atom is 0.0544 e. The number of benzene rings is 2. The Kier molecular flexibility index (Phi) is 6.76. The van der Waals surface area contributed by atoms with Gasteiger partial charge in [-0.1, -0.05) is 46.9 Å². The zero-order valence-electron chi connectivity index (χ0n) is 15.8. The van der Waals surface area contributed by atoms with Crippen molar-refractivity contribution >= 4 is 34.8 Å². The molecule has 2 aromatic rings. The zero-order valence-corrected chi connectivity index (χ0v) is 18.0. The van der Waals surface area contributed by atoms with Crippen LogP contribution in [0.5, 0.6) is 0 Å². The molecule has 3 atom stereocenters. The van der Waals surface area contributed by atoms with Crippen molar-refractivity contribution in [3.63, 3.8) is 0 Å². The second kappa shape index (κ2) is 8.71. The fourth-order valence-corrected chi connectivity index (χ4v) is 5.16. The van der Waals surface area contributed by atoms with Gasteiger partial charge in [-0.25, -0.2) is 0 Å². The third kappa shape index (κ3) is 4.99. The molecule has 2 nitrogen and oxygen atoms in total. The molecule has 1 aliphatic carbocycles. The molecule has 2 aromatic carbocycles. The molecular formula is C22H26Cl3NO. The summed E-state index contributed by atoms with van der Waals surface area (Å²) in [5.74, 6) is 0.293. The molecule has 146 valence electrons. The molecule has 0 spiro atoms. The minimum absolute atomic E-state index is 0.133. The molecule has 0 saturated heterocycles. The van der Waals surface area contributed by atoms with Crippen LogP contribution in [-0.4, -0.2) is 36.8 Å². The van der Waals surface area contributed by atoms with E-state index >= 15 is 0 Å². The van der Waals surface area contributed by atoms with E-state index in [9.17, 15) is 5.11 Å². The van der Waals surface area contributed by atoms with Gasteiger partial charge in [0.05, 0.1) is 6.10 Å². The van der Waals surface area contributed by atoms with Gasteiger partial charge in [0.15, 0.2) is 0 Å². The summed E-state index contributed by atoms with van der Waals surface area (Å²) in [5, 5.41) is 12.4. The summed E-state index contributed by atoms with van der Waals surface area (Å²) < 4.78 is 0. The standard InChI is InChI=1S/C22H26Cl3NO/c1-26(2)14-17-11-21(27)7-8-22(17,13-15-3-5-18(23)6-4-15)16-9-19(24)12-20(25)10-16/h3-6,9-10,12,17,21,27H,7-8,11,13-14H2,1-2H3. The zero-order chi connectivity index (χ0) is 19.6. The van der Waals surface area contributed by atoms with Crippen LogP contribution in [0.25, 0.3) is 0 Å². The third-order valence-corrected chi connectivity index (χ3v) is 6.41. The van der Waals surface area contributed by atoms with Gasteiger partial charge in [0.25, 0.3) is 0 Å². The second-order valence-electron chi connectivity index (χ2n) is 8.00. The summed E-state index contributed by atoms with van der Waals surface area (Å²) in [6.07, 6.45) is 3.05. The van der Waals surface area contributed by atoms with Crippen LogP contribution < -0.4 is 0 Å². The minimum Gasteiger partial charge on any atom is -0.393 e. The molecule has 3 rings (SSSR count). The number of nitrogens with zero attached hydrogens (tertiary/aromatic N) is 1. The van der Waals surface area contributed by atoms with Crippen molar-refractivity contribution in [2.45, 2.75) is 37.2 Å². The van der Waals surface area contributed by atoms with E-state index in [1.54, 1.807) is 6.07 Å².